The van der Waals surface area contributed by atoms with Crippen molar-refractivity contribution in [3.8, 4) is 5.75 Å². The van der Waals surface area contributed by atoms with Gasteiger partial charge < -0.3 is 21.1 Å². The van der Waals surface area contributed by atoms with Gasteiger partial charge in [-0.2, -0.15) is 4.39 Å². The fraction of sp³-hybridized carbons (Fsp3) is 0.500. The normalized spacial score (nSPS) is 20.1. The van der Waals surface area contributed by atoms with E-state index in [0.29, 0.717) is 25.9 Å². The van der Waals surface area contributed by atoms with Gasteiger partial charge in [-0.15, -0.1) is 0 Å². The number of halogens is 2. The smallest absolute Gasteiger partial charge is 0.225 e. The zero-order valence-corrected chi connectivity index (χ0v) is 17.1. The number of carbonyl (C=O) groups excluding carboxylic acids is 1. The monoisotopic (exact) mass is 420 g/mol. The molecule has 1 amide bonds. The molecule has 0 bridgehead atoms. The van der Waals surface area contributed by atoms with Crippen molar-refractivity contribution >= 4 is 5.91 Å². The fourth-order valence-corrected chi connectivity index (χ4v) is 4.09. The number of hydrogen-bond donors (Lipinski definition) is 2. The van der Waals surface area contributed by atoms with Gasteiger partial charge in [-0.25, -0.2) is 4.39 Å². The van der Waals surface area contributed by atoms with Crippen molar-refractivity contribution in [2.45, 2.75) is 31.8 Å². The number of carbonyl (C=O) groups is 1. The van der Waals surface area contributed by atoms with Crippen molar-refractivity contribution in [1.29, 1.82) is 0 Å². The Hall–Kier alpha value is -2.61. The van der Waals surface area contributed by atoms with Crippen molar-refractivity contribution in [1.82, 2.24) is 9.80 Å². The molecule has 1 aromatic rings. The van der Waals surface area contributed by atoms with Gasteiger partial charge in [0, 0.05) is 38.4 Å². The Balaban J connectivity index is 1.44. The molecule has 0 atom stereocenters. The number of piperidine rings is 2. The molecule has 0 unspecified atom stereocenters. The zero-order valence-electron chi connectivity index (χ0n) is 17.1. The summed E-state index contributed by atoms with van der Waals surface area (Å²) < 4.78 is 32.8. The van der Waals surface area contributed by atoms with Crippen molar-refractivity contribution in [2.24, 2.45) is 17.4 Å². The molecular weight excluding hydrogens is 390 g/mol. The molecule has 2 saturated heterocycles. The number of amides is 1. The number of nitrogens with zero attached hydrogens (tertiary/aromatic N) is 2. The maximum absolute atomic E-state index is 13.8. The van der Waals surface area contributed by atoms with E-state index >= 15 is 0 Å². The highest BCUT2D eigenvalue weighted by Crippen LogP contribution is 2.26. The molecule has 0 aliphatic carbocycles. The van der Waals surface area contributed by atoms with Crippen molar-refractivity contribution in [2.75, 3.05) is 32.7 Å². The molecule has 164 valence electrons. The minimum Gasteiger partial charge on any atom is -0.487 e. The van der Waals surface area contributed by atoms with Crippen molar-refractivity contribution in [3.05, 3.63) is 53.9 Å². The van der Waals surface area contributed by atoms with Crippen LogP contribution in [0.3, 0.4) is 0 Å². The molecule has 0 spiro atoms. The molecular formula is C22H30F2N4O2. The van der Waals surface area contributed by atoms with Gasteiger partial charge >= 0.3 is 0 Å². The van der Waals surface area contributed by atoms with Crippen LogP contribution in [0.25, 0.3) is 0 Å². The summed E-state index contributed by atoms with van der Waals surface area (Å²) in [5, 5.41) is 0. The number of benzene rings is 1. The van der Waals surface area contributed by atoms with Crippen LogP contribution in [0.5, 0.6) is 5.75 Å². The van der Waals surface area contributed by atoms with Crippen LogP contribution in [-0.2, 0) is 4.79 Å². The van der Waals surface area contributed by atoms with E-state index in [0.717, 1.165) is 44.1 Å². The first-order chi connectivity index (χ1) is 14.5. The zero-order chi connectivity index (χ0) is 21.5. The van der Waals surface area contributed by atoms with Gasteiger partial charge in [0.1, 0.15) is 6.10 Å². The summed E-state index contributed by atoms with van der Waals surface area (Å²) in [6.07, 6.45) is 7.45. The van der Waals surface area contributed by atoms with Crippen LogP contribution in [0.4, 0.5) is 8.78 Å². The fourth-order valence-electron chi connectivity index (χ4n) is 4.09. The van der Waals surface area contributed by atoms with Crippen molar-refractivity contribution in [3.63, 3.8) is 0 Å². The average molecular weight is 421 g/mol. The van der Waals surface area contributed by atoms with Crippen LogP contribution in [0.1, 0.15) is 25.7 Å². The van der Waals surface area contributed by atoms with E-state index < -0.39 is 11.6 Å². The van der Waals surface area contributed by atoms with E-state index in [1.54, 1.807) is 12.3 Å². The van der Waals surface area contributed by atoms with Gasteiger partial charge in [0.15, 0.2) is 11.6 Å². The van der Waals surface area contributed by atoms with Crippen LogP contribution in [0.15, 0.2) is 42.2 Å². The maximum Gasteiger partial charge on any atom is 0.225 e. The summed E-state index contributed by atoms with van der Waals surface area (Å²) in [4.78, 5) is 17.1. The molecule has 0 radical (unpaired) electrons. The highest BCUT2D eigenvalue weighted by molar-refractivity contribution is 5.79. The van der Waals surface area contributed by atoms with E-state index in [1.807, 2.05) is 4.90 Å². The van der Waals surface area contributed by atoms with E-state index in [1.165, 1.54) is 18.3 Å². The third kappa shape index (κ3) is 5.50. The molecule has 30 heavy (non-hydrogen) atoms. The summed E-state index contributed by atoms with van der Waals surface area (Å²) in [5.41, 5.74) is 12.0. The van der Waals surface area contributed by atoms with Crippen LogP contribution in [0.2, 0.25) is 0 Å². The lowest BCUT2D eigenvalue weighted by Crippen LogP contribution is -2.47. The highest BCUT2D eigenvalue weighted by atomic mass is 19.2. The molecule has 2 heterocycles. The molecule has 2 aliphatic heterocycles. The predicted molar refractivity (Wildman–Crippen MR) is 111 cm³/mol. The first-order valence-electron chi connectivity index (χ1n) is 10.4. The molecule has 2 fully saturated rings. The molecule has 0 saturated carbocycles. The van der Waals surface area contributed by atoms with Gasteiger partial charge in [-0.1, -0.05) is 6.07 Å². The van der Waals surface area contributed by atoms with Crippen LogP contribution in [0, 0.1) is 17.6 Å². The topological polar surface area (TPSA) is 84.8 Å². The summed E-state index contributed by atoms with van der Waals surface area (Å²) >= 11 is 0. The molecule has 0 aromatic heterocycles. The van der Waals surface area contributed by atoms with Crippen LogP contribution >= 0.6 is 0 Å². The summed E-state index contributed by atoms with van der Waals surface area (Å²) in [6.45, 7) is 3.55. The minimum absolute atomic E-state index is 0.0229. The first kappa shape index (κ1) is 22.1. The number of hydrogen-bond acceptors (Lipinski definition) is 5. The second kappa shape index (κ2) is 10.4. The summed E-state index contributed by atoms with van der Waals surface area (Å²) in [5.74, 6) is -1.74. The van der Waals surface area contributed by atoms with E-state index in [4.69, 9.17) is 16.2 Å². The SMILES string of the molecule is N/C=C\C(=C/N)CN1CCC(C(=O)N2CCC(Oc3cccc(F)c3F)CC2)CC1. The lowest BCUT2D eigenvalue weighted by atomic mass is 9.93. The van der Waals surface area contributed by atoms with Gasteiger partial charge in [0.05, 0.1) is 0 Å². The van der Waals surface area contributed by atoms with Gasteiger partial charge in [-0.3, -0.25) is 9.69 Å². The van der Waals surface area contributed by atoms with E-state index in [2.05, 4.69) is 4.90 Å². The minimum atomic E-state index is -0.961. The molecule has 1 aromatic carbocycles. The maximum atomic E-state index is 13.8. The third-order valence-electron chi connectivity index (χ3n) is 5.83. The summed E-state index contributed by atoms with van der Waals surface area (Å²) in [6, 6.07) is 3.92. The molecule has 3 rings (SSSR count). The lowest BCUT2D eigenvalue weighted by Gasteiger charge is -2.37. The Morgan fingerprint density at radius 3 is 2.43 bits per heavy atom. The highest BCUT2D eigenvalue weighted by Gasteiger charge is 2.31. The Morgan fingerprint density at radius 1 is 1.10 bits per heavy atom. The second-order valence-electron chi connectivity index (χ2n) is 7.85. The number of ether oxygens (including phenoxy) is 1. The Kier molecular flexibility index (Phi) is 7.68. The number of rotatable bonds is 6. The largest absolute Gasteiger partial charge is 0.487 e. The molecule has 8 heteroatoms. The van der Waals surface area contributed by atoms with Crippen LogP contribution in [-0.4, -0.2) is 54.5 Å². The standard InChI is InChI=1S/C22H30F2N4O2/c23-19-2-1-3-20(21(19)24)30-18-7-12-28(13-8-18)22(29)17-5-10-27(11-6-17)15-16(14-26)4-9-25/h1-4,9,14,17-18H,5-8,10-13,15,25-26H2/b9-4-,16-14+. The quantitative estimate of drug-likeness (QED) is 0.691. The van der Waals surface area contributed by atoms with E-state index in [-0.39, 0.29) is 23.7 Å². The lowest BCUT2D eigenvalue weighted by molar-refractivity contribution is -0.138. The first-order valence-corrected chi connectivity index (χ1v) is 10.4. The Morgan fingerprint density at radius 2 is 1.80 bits per heavy atom. The molecule has 6 nitrogen and oxygen atoms in total. The predicted octanol–water partition coefficient (Wildman–Crippen LogP) is 2.36. The average Bonchev–Trinajstić information content (AvgIpc) is 2.77. The molecule has 4 N–H and O–H groups in total. The van der Waals surface area contributed by atoms with Gasteiger partial charge in [-0.05, 0) is 62.1 Å². The molecule has 2 aliphatic rings. The van der Waals surface area contributed by atoms with Crippen molar-refractivity contribution < 1.29 is 18.3 Å². The van der Waals surface area contributed by atoms with E-state index in [9.17, 15) is 13.6 Å². The number of likely N-dealkylation sites (tertiary alicyclic amines) is 2. The van der Waals surface area contributed by atoms with Gasteiger partial charge in [0.25, 0.3) is 0 Å². The van der Waals surface area contributed by atoms with Gasteiger partial charge in [0.2, 0.25) is 11.7 Å². The van der Waals surface area contributed by atoms with Crippen LogP contribution < -0.4 is 16.2 Å². The third-order valence-corrected chi connectivity index (χ3v) is 5.83. The Labute approximate surface area is 176 Å². The Bertz CT molecular complexity index is 783. The summed E-state index contributed by atoms with van der Waals surface area (Å²) in [7, 11) is 0. The number of nitrogens with two attached hydrogens (primary N) is 2. The second-order valence-corrected chi connectivity index (χ2v) is 7.85.